The highest BCUT2D eigenvalue weighted by molar-refractivity contribution is 7.99. The summed E-state index contributed by atoms with van der Waals surface area (Å²) in [5.74, 6) is 2.10. The van der Waals surface area contributed by atoms with E-state index in [0.29, 0.717) is 5.44 Å². The third-order valence-electron chi connectivity index (χ3n) is 1.31. The molecule has 52 valence electrons. The van der Waals surface area contributed by atoms with Gasteiger partial charge in [0.25, 0.3) is 0 Å². The Labute approximate surface area is 60.5 Å². The summed E-state index contributed by atoms with van der Waals surface area (Å²) in [7, 11) is 0. The first-order chi connectivity index (χ1) is 4.33. The Morgan fingerprint density at radius 1 is 1.89 bits per heavy atom. The number of allylic oxidation sites excluding steroid dienone is 1. The zero-order valence-electron chi connectivity index (χ0n) is 5.72. The van der Waals surface area contributed by atoms with Crippen LogP contribution in [0.25, 0.3) is 0 Å². The Hall–Kier alpha value is -0.110. The second-order valence-corrected chi connectivity index (χ2v) is 3.52. The van der Waals surface area contributed by atoms with Crippen molar-refractivity contribution in [2.75, 3.05) is 5.75 Å². The molecule has 1 rings (SSSR count). The van der Waals surface area contributed by atoms with Gasteiger partial charge in [-0.15, -0.1) is 11.8 Å². The van der Waals surface area contributed by atoms with Gasteiger partial charge in [-0.2, -0.15) is 0 Å². The minimum absolute atomic E-state index is 0.405. The van der Waals surface area contributed by atoms with Gasteiger partial charge < -0.3 is 4.74 Å². The summed E-state index contributed by atoms with van der Waals surface area (Å²) < 4.78 is 5.37. The van der Waals surface area contributed by atoms with Crippen molar-refractivity contribution in [3.8, 4) is 0 Å². The monoisotopic (exact) mass is 144 g/mol. The Balaban J connectivity index is 2.22. The molecule has 0 N–H and O–H groups in total. The SMILES string of the molecule is C=C1CCC(SCC)O1. The molecule has 0 aromatic heterocycles. The van der Waals surface area contributed by atoms with Crippen molar-refractivity contribution in [1.29, 1.82) is 0 Å². The van der Waals surface area contributed by atoms with Crippen LogP contribution in [-0.4, -0.2) is 11.2 Å². The van der Waals surface area contributed by atoms with Crippen LogP contribution in [0.4, 0.5) is 0 Å². The average molecular weight is 144 g/mol. The van der Waals surface area contributed by atoms with Gasteiger partial charge in [0, 0.05) is 12.8 Å². The summed E-state index contributed by atoms with van der Waals surface area (Å²) in [4.78, 5) is 0. The standard InChI is InChI=1S/C7H12OS/c1-3-9-7-5-4-6(2)8-7/h7H,2-5H2,1H3. The summed E-state index contributed by atoms with van der Waals surface area (Å²) in [5, 5.41) is 0. The highest BCUT2D eigenvalue weighted by atomic mass is 32.2. The van der Waals surface area contributed by atoms with E-state index in [1.807, 2.05) is 11.8 Å². The number of hydrogen-bond donors (Lipinski definition) is 0. The largest absolute Gasteiger partial charge is 0.485 e. The molecule has 1 fully saturated rings. The van der Waals surface area contributed by atoms with Gasteiger partial charge >= 0.3 is 0 Å². The van der Waals surface area contributed by atoms with E-state index in [1.54, 1.807) is 0 Å². The second kappa shape index (κ2) is 3.16. The van der Waals surface area contributed by atoms with Crippen LogP contribution in [0.1, 0.15) is 19.8 Å². The molecule has 1 atom stereocenters. The molecule has 0 amide bonds. The molecule has 1 aliphatic rings. The molecule has 0 aromatic carbocycles. The van der Waals surface area contributed by atoms with Crippen molar-refractivity contribution in [3.63, 3.8) is 0 Å². The maximum atomic E-state index is 5.37. The van der Waals surface area contributed by atoms with Crippen LogP contribution in [0.3, 0.4) is 0 Å². The number of rotatable bonds is 2. The lowest BCUT2D eigenvalue weighted by Crippen LogP contribution is -1.96. The molecule has 0 spiro atoms. The summed E-state index contributed by atoms with van der Waals surface area (Å²) >= 11 is 1.86. The fraction of sp³-hybridized carbons (Fsp3) is 0.714. The highest BCUT2D eigenvalue weighted by Crippen LogP contribution is 2.28. The van der Waals surface area contributed by atoms with E-state index in [-0.39, 0.29) is 0 Å². The first kappa shape index (κ1) is 7.00. The highest BCUT2D eigenvalue weighted by Gasteiger charge is 2.17. The van der Waals surface area contributed by atoms with Crippen LogP contribution in [-0.2, 0) is 4.74 Å². The smallest absolute Gasteiger partial charge is 0.144 e. The van der Waals surface area contributed by atoms with Gasteiger partial charge in [-0.25, -0.2) is 0 Å². The molecular formula is C7H12OS. The van der Waals surface area contributed by atoms with Crippen molar-refractivity contribution in [3.05, 3.63) is 12.3 Å². The first-order valence-corrected chi connectivity index (χ1v) is 4.34. The summed E-state index contributed by atoms with van der Waals surface area (Å²) in [6.07, 6.45) is 2.20. The van der Waals surface area contributed by atoms with Crippen LogP contribution < -0.4 is 0 Å². The number of ether oxygens (including phenoxy) is 1. The topological polar surface area (TPSA) is 9.23 Å². The van der Waals surface area contributed by atoms with Crippen molar-refractivity contribution < 1.29 is 4.74 Å². The van der Waals surface area contributed by atoms with Crippen molar-refractivity contribution in [2.45, 2.75) is 25.2 Å². The van der Waals surface area contributed by atoms with Crippen molar-refractivity contribution in [2.24, 2.45) is 0 Å². The lowest BCUT2D eigenvalue weighted by molar-refractivity contribution is 0.236. The fourth-order valence-corrected chi connectivity index (χ4v) is 1.75. The van der Waals surface area contributed by atoms with Crippen LogP contribution in [0, 0.1) is 0 Å². The molecule has 0 aliphatic carbocycles. The van der Waals surface area contributed by atoms with E-state index in [1.165, 1.54) is 0 Å². The average Bonchev–Trinajstić information content (AvgIpc) is 2.17. The van der Waals surface area contributed by atoms with Gasteiger partial charge in [0.2, 0.25) is 0 Å². The van der Waals surface area contributed by atoms with Crippen molar-refractivity contribution >= 4 is 11.8 Å². The third-order valence-corrected chi connectivity index (χ3v) is 2.35. The zero-order valence-corrected chi connectivity index (χ0v) is 6.54. The van der Waals surface area contributed by atoms with Gasteiger partial charge in [0.15, 0.2) is 0 Å². The first-order valence-electron chi connectivity index (χ1n) is 3.29. The normalized spacial score (nSPS) is 26.3. The lowest BCUT2D eigenvalue weighted by atomic mass is 10.3. The maximum Gasteiger partial charge on any atom is 0.144 e. The van der Waals surface area contributed by atoms with Crippen LogP contribution in [0.15, 0.2) is 12.3 Å². The van der Waals surface area contributed by atoms with Gasteiger partial charge in [0.1, 0.15) is 5.44 Å². The predicted molar refractivity (Wildman–Crippen MR) is 41.4 cm³/mol. The molecule has 0 bridgehead atoms. The maximum absolute atomic E-state index is 5.37. The predicted octanol–water partition coefficient (Wildman–Crippen LogP) is 2.39. The summed E-state index contributed by atoms with van der Waals surface area (Å²) in [5.41, 5.74) is 0.405. The molecule has 1 nitrogen and oxygen atoms in total. The molecule has 0 radical (unpaired) electrons. The molecule has 1 unspecified atom stereocenters. The van der Waals surface area contributed by atoms with Gasteiger partial charge in [-0.05, 0) is 5.75 Å². The van der Waals surface area contributed by atoms with Gasteiger partial charge in [-0.1, -0.05) is 13.5 Å². The molecule has 0 saturated carbocycles. The van der Waals surface area contributed by atoms with E-state index < -0.39 is 0 Å². The van der Waals surface area contributed by atoms with E-state index >= 15 is 0 Å². The van der Waals surface area contributed by atoms with Gasteiger partial charge in [0.05, 0.1) is 5.76 Å². The minimum Gasteiger partial charge on any atom is -0.485 e. The molecular weight excluding hydrogens is 132 g/mol. The molecule has 2 heteroatoms. The Kier molecular flexibility index (Phi) is 2.46. The van der Waals surface area contributed by atoms with Crippen molar-refractivity contribution in [1.82, 2.24) is 0 Å². The van der Waals surface area contributed by atoms with E-state index in [9.17, 15) is 0 Å². The minimum atomic E-state index is 0.405. The zero-order chi connectivity index (χ0) is 6.69. The van der Waals surface area contributed by atoms with E-state index in [2.05, 4.69) is 13.5 Å². The van der Waals surface area contributed by atoms with Crippen LogP contribution in [0.5, 0.6) is 0 Å². The quantitative estimate of drug-likeness (QED) is 0.588. The number of thioether (sulfide) groups is 1. The summed E-state index contributed by atoms with van der Waals surface area (Å²) in [6, 6.07) is 0. The molecule has 1 saturated heterocycles. The lowest BCUT2D eigenvalue weighted by Gasteiger charge is -2.06. The Morgan fingerprint density at radius 2 is 2.67 bits per heavy atom. The Bertz CT molecular complexity index is 111. The second-order valence-electron chi connectivity index (χ2n) is 2.08. The summed E-state index contributed by atoms with van der Waals surface area (Å²) in [6.45, 7) is 5.90. The third kappa shape index (κ3) is 1.94. The fourth-order valence-electron chi connectivity index (χ4n) is 0.886. The van der Waals surface area contributed by atoms with E-state index in [4.69, 9.17) is 4.74 Å². The molecule has 0 aromatic rings. The molecule has 9 heavy (non-hydrogen) atoms. The Morgan fingerprint density at radius 3 is 3.11 bits per heavy atom. The van der Waals surface area contributed by atoms with Crippen LogP contribution in [0.2, 0.25) is 0 Å². The van der Waals surface area contributed by atoms with Crippen LogP contribution >= 0.6 is 11.8 Å². The number of hydrogen-bond acceptors (Lipinski definition) is 2. The molecule has 1 aliphatic heterocycles. The van der Waals surface area contributed by atoms with E-state index in [0.717, 1.165) is 24.4 Å². The van der Waals surface area contributed by atoms with Gasteiger partial charge in [-0.3, -0.25) is 0 Å². The molecule has 1 heterocycles.